The van der Waals surface area contributed by atoms with Crippen molar-refractivity contribution in [3.8, 4) is 0 Å². The molecular weight excluding hydrogens is 299 g/mol. The van der Waals surface area contributed by atoms with Crippen LogP contribution in [0.15, 0.2) is 18.2 Å². The molecule has 1 aromatic carbocycles. The van der Waals surface area contributed by atoms with E-state index < -0.39 is 0 Å². The molecule has 2 aromatic rings. The Bertz CT molecular complexity index is 581. The topological polar surface area (TPSA) is 24.9 Å². The Kier molecular flexibility index (Phi) is 4.85. The third kappa shape index (κ3) is 3.11. The second kappa shape index (κ2) is 6.23. The normalized spacial score (nSPS) is 12.7. The van der Waals surface area contributed by atoms with Crippen LogP contribution in [0.3, 0.4) is 0 Å². The van der Waals surface area contributed by atoms with E-state index >= 15 is 0 Å². The zero-order valence-corrected chi connectivity index (χ0v) is 13.5. The minimum absolute atomic E-state index is 0.00812. The minimum atomic E-state index is 0.00812. The van der Waals surface area contributed by atoms with Crippen molar-refractivity contribution >= 4 is 34.5 Å². The van der Waals surface area contributed by atoms with E-state index in [0.717, 1.165) is 22.7 Å². The molecule has 0 spiro atoms. The minimum Gasteiger partial charge on any atom is -0.307 e. The Morgan fingerprint density at radius 3 is 2.63 bits per heavy atom. The zero-order chi connectivity index (χ0) is 14.0. The molecule has 0 aliphatic rings. The van der Waals surface area contributed by atoms with Gasteiger partial charge >= 0.3 is 0 Å². The van der Waals surface area contributed by atoms with Gasteiger partial charge in [-0.1, -0.05) is 36.2 Å². The predicted octanol–water partition coefficient (Wildman–Crippen LogP) is 4.63. The first kappa shape index (κ1) is 14.8. The molecule has 0 aliphatic carbocycles. The van der Waals surface area contributed by atoms with Crippen molar-refractivity contribution in [2.24, 2.45) is 0 Å². The maximum absolute atomic E-state index is 6.29. The standard InChI is InChI=1S/C14H16Cl2N2S/c1-4-12-8(2)19-14(18-12)13(17-3)10-6-5-9(15)7-11(10)16/h5-7,13,17H,4H2,1-3H3. The smallest absolute Gasteiger partial charge is 0.115 e. The van der Waals surface area contributed by atoms with Crippen molar-refractivity contribution in [3.05, 3.63) is 49.4 Å². The summed E-state index contributed by atoms with van der Waals surface area (Å²) in [4.78, 5) is 5.97. The van der Waals surface area contributed by atoms with Crippen LogP contribution >= 0.6 is 34.5 Å². The van der Waals surface area contributed by atoms with Gasteiger partial charge in [-0.05, 0) is 38.1 Å². The molecule has 0 fully saturated rings. The van der Waals surface area contributed by atoms with Crippen LogP contribution in [0.2, 0.25) is 10.0 Å². The number of nitrogens with one attached hydrogen (secondary N) is 1. The highest BCUT2D eigenvalue weighted by molar-refractivity contribution is 7.11. The largest absolute Gasteiger partial charge is 0.307 e. The average molecular weight is 315 g/mol. The molecule has 2 nitrogen and oxygen atoms in total. The number of thiazole rings is 1. The van der Waals surface area contributed by atoms with E-state index in [-0.39, 0.29) is 6.04 Å². The molecule has 2 rings (SSSR count). The lowest BCUT2D eigenvalue weighted by Gasteiger charge is -2.15. The molecule has 0 radical (unpaired) electrons. The third-order valence-corrected chi connectivity index (χ3v) is 4.69. The lowest BCUT2D eigenvalue weighted by molar-refractivity contribution is 0.683. The van der Waals surface area contributed by atoms with Crippen molar-refractivity contribution < 1.29 is 0 Å². The Morgan fingerprint density at radius 1 is 1.37 bits per heavy atom. The van der Waals surface area contributed by atoms with Gasteiger partial charge in [-0.15, -0.1) is 11.3 Å². The van der Waals surface area contributed by atoms with Crippen LogP contribution in [0.1, 0.15) is 34.1 Å². The number of nitrogens with zero attached hydrogens (tertiary/aromatic N) is 1. The molecule has 1 unspecified atom stereocenters. The van der Waals surface area contributed by atoms with Crippen LogP contribution in [0.25, 0.3) is 0 Å². The Labute approximate surface area is 127 Å². The van der Waals surface area contributed by atoms with Crippen molar-refractivity contribution in [1.29, 1.82) is 0 Å². The SMILES string of the molecule is CCc1nc(C(NC)c2ccc(Cl)cc2Cl)sc1C. The molecule has 0 saturated carbocycles. The van der Waals surface area contributed by atoms with Gasteiger partial charge in [0.25, 0.3) is 0 Å². The van der Waals surface area contributed by atoms with Crippen molar-refractivity contribution in [2.75, 3.05) is 7.05 Å². The van der Waals surface area contributed by atoms with Gasteiger partial charge in [0.05, 0.1) is 11.7 Å². The van der Waals surface area contributed by atoms with Gasteiger partial charge in [0.15, 0.2) is 0 Å². The monoisotopic (exact) mass is 314 g/mol. The quantitative estimate of drug-likeness (QED) is 0.890. The van der Waals surface area contributed by atoms with Gasteiger partial charge < -0.3 is 5.32 Å². The van der Waals surface area contributed by atoms with Crippen LogP contribution < -0.4 is 5.32 Å². The first-order chi connectivity index (χ1) is 9.06. The van der Waals surface area contributed by atoms with Gasteiger partial charge in [-0.25, -0.2) is 4.98 Å². The van der Waals surface area contributed by atoms with Gasteiger partial charge in [-0.2, -0.15) is 0 Å². The maximum atomic E-state index is 6.29. The number of hydrogen-bond acceptors (Lipinski definition) is 3. The predicted molar refractivity (Wildman–Crippen MR) is 83.6 cm³/mol. The lowest BCUT2D eigenvalue weighted by Crippen LogP contribution is -2.18. The van der Waals surface area contributed by atoms with Crippen molar-refractivity contribution in [2.45, 2.75) is 26.3 Å². The molecular formula is C14H16Cl2N2S. The molecule has 1 atom stereocenters. The fraction of sp³-hybridized carbons (Fsp3) is 0.357. The summed E-state index contributed by atoms with van der Waals surface area (Å²) in [5, 5.41) is 5.63. The second-order valence-electron chi connectivity index (χ2n) is 4.30. The molecule has 0 amide bonds. The summed E-state index contributed by atoms with van der Waals surface area (Å²) in [7, 11) is 1.91. The van der Waals surface area contributed by atoms with Gasteiger partial charge in [-0.3, -0.25) is 0 Å². The summed E-state index contributed by atoms with van der Waals surface area (Å²) >= 11 is 13.9. The zero-order valence-electron chi connectivity index (χ0n) is 11.1. The van der Waals surface area contributed by atoms with Crippen LogP contribution in [0.4, 0.5) is 0 Å². The van der Waals surface area contributed by atoms with E-state index in [9.17, 15) is 0 Å². The fourth-order valence-corrected chi connectivity index (χ4v) is 3.71. The third-order valence-electron chi connectivity index (χ3n) is 3.05. The molecule has 5 heteroatoms. The van der Waals surface area contributed by atoms with Gasteiger partial charge in [0.1, 0.15) is 5.01 Å². The molecule has 0 saturated heterocycles. The molecule has 0 bridgehead atoms. The van der Waals surface area contributed by atoms with Crippen LogP contribution in [-0.2, 0) is 6.42 Å². The van der Waals surface area contributed by atoms with E-state index in [1.165, 1.54) is 4.88 Å². The molecule has 0 aliphatic heterocycles. The first-order valence-electron chi connectivity index (χ1n) is 6.15. The molecule has 1 aromatic heterocycles. The van der Waals surface area contributed by atoms with E-state index in [4.69, 9.17) is 28.2 Å². The van der Waals surface area contributed by atoms with Crippen LogP contribution in [-0.4, -0.2) is 12.0 Å². The number of aryl methyl sites for hydroxylation is 2. The van der Waals surface area contributed by atoms with Crippen molar-refractivity contribution in [1.82, 2.24) is 10.3 Å². The number of aromatic nitrogens is 1. The van der Waals surface area contributed by atoms with E-state index in [1.54, 1.807) is 17.4 Å². The van der Waals surface area contributed by atoms with Gasteiger partial charge in [0.2, 0.25) is 0 Å². The second-order valence-corrected chi connectivity index (χ2v) is 6.37. The van der Waals surface area contributed by atoms with Gasteiger partial charge in [0, 0.05) is 14.9 Å². The highest BCUT2D eigenvalue weighted by atomic mass is 35.5. The summed E-state index contributed by atoms with van der Waals surface area (Å²) in [5.74, 6) is 0. The summed E-state index contributed by atoms with van der Waals surface area (Å²) in [6.45, 7) is 4.23. The Morgan fingerprint density at radius 2 is 2.11 bits per heavy atom. The van der Waals surface area contributed by atoms with Crippen LogP contribution in [0.5, 0.6) is 0 Å². The summed E-state index contributed by atoms with van der Waals surface area (Å²) in [6.07, 6.45) is 0.952. The molecule has 19 heavy (non-hydrogen) atoms. The first-order valence-corrected chi connectivity index (χ1v) is 7.72. The fourth-order valence-electron chi connectivity index (χ4n) is 2.05. The van der Waals surface area contributed by atoms with E-state index in [1.807, 2.05) is 19.2 Å². The molecule has 1 heterocycles. The number of halogens is 2. The number of hydrogen-bond donors (Lipinski definition) is 1. The summed E-state index contributed by atoms with van der Waals surface area (Å²) in [5.41, 5.74) is 2.16. The Hall–Kier alpha value is -0.610. The summed E-state index contributed by atoms with van der Waals surface area (Å²) < 4.78 is 0. The average Bonchev–Trinajstić information content (AvgIpc) is 2.74. The summed E-state index contributed by atoms with van der Waals surface area (Å²) in [6, 6.07) is 5.58. The number of benzene rings is 1. The van der Waals surface area contributed by atoms with E-state index in [2.05, 4.69) is 19.2 Å². The highest BCUT2D eigenvalue weighted by Gasteiger charge is 2.20. The van der Waals surface area contributed by atoms with Crippen molar-refractivity contribution in [3.63, 3.8) is 0 Å². The Balaban J connectivity index is 2.43. The number of rotatable bonds is 4. The van der Waals surface area contributed by atoms with Crippen LogP contribution in [0, 0.1) is 6.92 Å². The lowest BCUT2D eigenvalue weighted by atomic mass is 10.1. The van der Waals surface area contributed by atoms with E-state index in [0.29, 0.717) is 10.0 Å². The maximum Gasteiger partial charge on any atom is 0.115 e. The molecule has 1 N–H and O–H groups in total. The molecule has 102 valence electrons. The highest BCUT2D eigenvalue weighted by Crippen LogP contribution is 2.33.